The number of aromatic nitrogens is 1. The lowest BCUT2D eigenvalue weighted by molar-refractivity contribution is 0.0938. The van der Waals surface area contributed by atoms with Crippen LogP contribution < -0.4 is 5.32 Å². The maximum Gasteiger partial charge on any atom is 0.252 e. The molecule has 3 nitrogen and oxygen atoms in total. The van der Waals surface area contributed by atoms with Crippen LogP contribution in [0, 0.1) is 0 Å². The SMILES string of the molecule is O=C(NC1CCc2ccccc21)c1cc(-c2ccccc2)nc2ccccc12. The second-order valence-corrected chi connectivity index (χ2v) is 7.20. The average Bonchev–Trinajstić information content (AvgIpc) is 3.16. The molecule has 136 valence electrons. The molecule has 1 aromatic heterocycles. The van der Waals surface area contributed by atoms with Crippen LogP contribution in [-0.2, 0) is 6.42 Å². The highest BCUT2D eigenvalue weighted by molar-refractivity contribution is 6.07. The van der Waals surface area contributed by atoms with Gasteiger partial charge in [0.2, 0.25) is 0 Å². The Morgan fingerprint density at radius 1 is 0.893 bits per heavy atom. The summed E-state index contributed by atoms with van der Waals surface area (Å²) in [5, 5.41) is 4.14. The van der Waals surface area contributed by atoms with Crippen molar-refractivity contribution in [2.24, 2.45) is 0 Å². The largest absolute Gasteiger partial charge is 0.345 e. The summed E-state index contributed by atoms with van der Waals surface area (Å²) < 4.78 is 0. The Kier molecular flexibility index (Phi) is 4.13. The number of carbonyl (C=O) groups is 1. The van der Waals surface area contributed by atoms with Crippen molar-refractivity contribution < 1.29 is 4.79 Å². The van der Waals surface area contributed by atoms with Gasteiger partial charge < -0.3 is 5.32 Å². The van der Waals surface area contributed by atoms with E-state index in [1.54, 1.807) is 0 Å². The maximum atomic E-state index is 13.3. The number of amides is 1. The number of nitrogens with one attached hydrogen (secondary N) is 1. The molecule has 1 heterocycles. The Morgan fingerprint density at radius 2 is 1.64 bits per heavy atom. The third-order valence-corrected chi connectivity index (χ3v) is 5.47. The number of carbonyl (C=O) groups excluding carboxylic acids is 1. The molecule has 3 aromatic carbocycles. The number of hydrogen-bond donors (Lipinski definition) is 1. The van der Waals surface area contributed by atoms with Crippen molar-refractivity contribution in [3.05, 3.63) is 102 Å². The van der Waals surface area contributed by atoms with Crippen molar-refractivity contribution in [1.29, 1.82) is 0 Å². The summed E-state index contributed by atoms with van der Waals surface area (Å²) in [5.74, 6) is -0.0440. The fourth-order valence-electron chi connectivity index (χ4n) is 4.06. The molecule has 1 amide bonds. The van der Waals surface area contributed by atoms with Gasteiger partial charge in [0.25, 0.3) is 5.91 Å². The van der Waals surface area contributed by atoms with Crippen molar-refractivity contribution in [2.45, 2.75) is 18.9 Å². The van der Waals surface area contributed by atoms with Gasteiger partial charge in [-0.1, -0.05) is 72.8 Å². The van der Waals surface area contributed by atoms with Crippen LogP contribution in [0.4, 0.5) is 0 Å². The predicted octanol–water partition coefficient (Wildman–Crippen LogP) is 5.32. The molecular formula is C25H20N2O. The highest BCUT2D eigenvalue weighted by atomic mass is 16.1. The van der Waals surface area contributed by atoms with Gasteiger partial charge in [0.15, 0.2) is 0 Å². The minimum atomic E-state index is -0.0440. The van der Waals surface area contributed by atoms with E-state index in [1.165, 1.54) is 11.1 Å². The van der Waals surface area contributed by atoms with Gasteiger partial charge in [-0.05, 0) is 36.1 Å². The predicted molar refractivity (Wildman–Crippen MR) is 112 cm³/mol. The lowest BCUT2D eigenvalue weighted by Gasteiger charge is -2.16. The van der Waals surface area contributed by atoms with Crippen LogP contribution in [-0.4, -0.2) is 10.9 Å². The van der Waals surface area contributed by atoms with E-state index in [-0.39, 0.29) is 11.9 Å². The van der Waals surface area contributed by atoms with Crippen LogP contribution in [0.1, 0.15) is 33.9 Å². The van der Waals surface area contributed by atoms with Crippen molar-refractivity contribution >= 4 is 16.8 Å². The molecule has 28 heavy (non-hydrogen) atoms. The van der Waals surface area contributed by atoms with Crippen LogP contribution in [0.25, 0.3) is 22.2 Å². The van der Waals surface area contributed by atoms with Crippen LogP contribution in [0.3, 0.4) is 0 Å². The Labute approximate surface area is 164 Å². The maximum absolute atomic E-state index is 13.3. The Morgan fingerprint density at radius 3 is 2.54 bits per heavy atom. The molecule has 1 aliphatic rings. The van der Waals surface area contributed by atoms with Gasteiger partial charge in [-0.25, -0.2) is 4.98 Å². The molecule has 5 rings (SSSR count). The number of fused-ring (bicyclic) bond motifs is 2. The van der Waals surface area contributed by atoms with Crippen LogP contribution in [0.5, 0.6) is 0 Å². The number of para-hydroxylation sites is 1. The molecule has 1 unspecified atom stereocenters. The lowest BCUT2D eigenvalue weighted by Crippen LogP contribution is -2.27. The molecular weight excluding hydrogens is 344 g/mol. The summed E-state index contributed by atoms with van der Waals surface area (Å²) in [6, 6.07) is 28.2. The molecule has 1 N–H and O–H groups in total. The van der Waals surface area contributed by atoms with Gasteiger partial charge >= 0.3 is 0 Å². The number of nitrogens with zero attached hydrogens (tertiary/aromatic N) is 1. The van der Waals surface area contributed by atoms with E-state index in [1.807, 2.05) is 66.7 Å². The Hall–Kier alpha value is -3.46. The summed E-state index contributed by atoms with van der Waals surface area (Å²) in [6.07, 6.45) is 1.95. The van der Waals surface area contributed by atoms with Gasteiger partial charge in [0.1, 0.15) is 0 Å². The second kappa shape index (κ2) is 6.93. The minimum absolute atomic E-state index is 0.0440. The van der Waals surface area contributed by atoms with Gasteiger partial charge in [-0.3, -0.25) is 4.79 Å². The zero-order chi connectivity index (χ0) is 18.9. The molecule has 4 aromatic rings. The standard InChI is InChI=1S/C25H20N2O/c28-25(27-23-15-14-17-8-4-5-11-19(17)23)21-16-24(18-9-2-1-3-10-18)26-22-13-7-6-12-20(21)22/h1-13,16,23H,14-15H2,(H,27,28). The number of benzene rings is 3. The molecule has 3 heteroatoms. The molecule has 1 aliphatic carbocycles. The van der Waals surface area contributed by atoms with Crippen molar-refractivity contribution in [3.8, 4) is 11.3 Å². The molecule has 1 atom stereocenters. The van der Waals surface area contributed by atoms with E-state index in [4.69, 9.17) is 4.98 Å². The summed E-state index contributed by atoms with van der Waals surface area (Å²) in [5.41, 5.74) is 5.90. The summed E-state index contributed by atoms with van der Waals surface area (Å²) in [4.78, 5) is 18.0. The van der Waals surface area contributed by atoms with E-state index in [9.17, 15) is 4.79 Å². The molecule has 0 bridgehead atoms. The molecule has 0 radical (unpaired) electrons. The number of aryl methyl sites for hydroxylation is 1. The van der Waals surface area contributed by atoms with Gasteiger partial charge in [0.05, 0.1) is 22.8 Å². The number of hydrogen-bond acceptors (Lipinski definition) is 2. The molecule has 0 saturated carbocycles. The number of rotatable bonds is 3. The zero-order valence-electron chi connectivity index (χ0n) is 15.4. The first-order valence-corrected chi connectivity index (χ1v) is 9.63. The van der Waals surface area contributed by atoms with E-state index in [0.29, 0.717) is 5.56 Å². The molecule has 0 aliphatic heterocycles. The van der Waals surface area contributed by atoms with Crippen molar-refractivity contribution in [1.82, 2.24) is 10.3 Å². The number of pyridine rings is 1. The topological polar surface area (TPSA) is 42.0 Å². The van der Waals surface area contributed by atoms with Crippen LogP contribution in [0.15, 0.2) is 84.9 Å². The van der Waals surface area contributed by atoms with Crippen LogP contribution in [0.2, 0.25) is 0 Å². The van der Waals surface area contributed by atoms with Gasteiger partial charge in [-0.2, -0.15) is 0 Å². The minimum Gasteiger partial charge on any atom is -0.345 e. The molecule has 0 spiro atoms. The second-order valence-electron chi connectivity index (χ2n) is 7.20. The van der Waals surface area contributed by atoms with Crippen molar-refractivity contribution in [3.63, 3.8) is 0 Å². The lowest BCUT2D eigenvalue weighted by atomic mass is 10.0. The highest BCUT2D eigenvalue weighted by Crippen LogP contribution is 2.32. The van der Waals surface area contributed by atoms with Gasteiger partial charge in [0, 0.05) is 10.9 Å². The van der Waals surface area contributed by atoms with Crippen LogP contribution >= 0.6 is 0 Å². The Bertz CT molecular complexity index is 1170. The monoisotopic (exact) mass is 364 g/mol. The Balaban J connectivity index is 1.55. The molecule has 0 saturated heterocycles. The van der Waals surface area contributed by atoms with Gasteiger partial charge in [-0.15, -0.1) is 0 Å². The summed E-state index contributed by atoms with van der Waals surface area (Å²) in [6.45, 7) is 0. The highest BCUT2D eigenvalue weighted by Gasteiger charge is 2.24. The quantitative estimate of drug-likeness (QED) is 0.535. The zero-order valence-corrected chi connectivity index (χ0v) is 15.4. The third kappa shape index (κ3) is 2.95. The van der Waals surface area contributed by atoms with E-state index in [2.05, 4.69) is 23.5 Å². The average molecular weight is 364 g/mol. The fraction of sp³-hybridized carbons (Fsp3) is 0.120. The van der Waals surface area contributed by atoms with E-state index in [0.717, 1.165) is 35.0 Å². The normalized spacial score (nSPS) is 15.4. The van der Waals surface area contributed by atoms with E-state index >= 15 is 0 Å². The third-order valence-electron chi connectivity index (χ3n) is 5.47. The van der Waals surface area contributed by atoms with E-state index < -0.39 is 0 Å². The molecule has 0 fully saturated rings. The van der Waals surface area contributed by atoms with Crippen molar-refractivity contribution in [2.75, 3.05) is 0 Å². The first-order chi connectivity index (χ1) is 13.8. The fourth-order valence-corrected chi connectivity index (χ4v) is 4.06. The first-order valence-electron chi connectivity index (χ1n) is 9.63. The summed E-state index contributed by atoms with van der Waals surface area (Å²) >= 11 is 0. The first kappa shape index (κ1) is 16.7. The smallest absolute Gasteiger partial charge is 0.252 e. The summed E-state index contributed by atoms with van der Waals surface area (Å²) in [7, 11) is 0.